The minimum Gasteiger partial charge on any atom is -0.378 e. The number of aromatic nitrogens is 2. The molecule has 2 fully saturated rings. The zero-order chi connectivity index (χ0) is 13.3. The van der Waals surface area contributed by atoms with Crippen LogP contribution in [0.4, 0.5) is 0 Å². The van der Waals surface area contributed by atoms with Crippen molar-refractivity contribution < 1.29 is 9.47 Å². The highest BCUT2D eigenvalue weighted by Crippen LogP contribution is 2.32. The molecule has 106 valence electrons. The lowest BCUT2D eigenvalue weighted by molar-refractivity contribution is -0.0894. The molecule has 5 nitrogen and oxygen atoms in total. The van der Waals surface area contributed by atoms with Crippen LogP contribution in [0.1, 0.15) is 30.5 Å². The Morgan fingerprint density at radius 3 is 3.11 bits per heavy atom. The van der Waals surface area contributed by atoms with Crippen molar-refractivity contribution in [2.24, 2.45) is 7.05 Å². The third-order valence-electron chi connectivity index (χ3n) is 4.26. The Bertz CT molecular complexity index is 438. The fourth-order valence-corrected chi connectivity index (χ4v) is 3.14. The molecule has 0 bridgehead atoms. The molecule has 0 saturated carbocycles. The maximum absolute atomic E-state index is 5.96. The molecule has 3 heterocycles. The molecule has 5 heteroatoms. The molecule has 1 aromatic rings. The molecule has 0 radical (unpaired) electrons. The van der Waals surface area contributed by atoms with E-state index in [0.29, 0.717) is 6.04 Å². The van der Waals surface area contributed by atoms with Gasteiger partial charge in [0.1, 0.15) is 0 Å². The van der Waals surface area contributed by atoms with Crippen LogP contribution in [0.3, 0.4) is 0 Å². The lowest BCUT2D eigenvalue weighted by atomic mass is 9.89. The Kier molecular flexibility index (Phi) is 3.60. The average Bonchev–Trinajstić information content (AvgIpc) is 2.94. The molecule has 2 saturated heterocycles. The molecule has 19 heavy (non-hydrogen) atoms. The van der Waals surface area contributed by atoms with E-state index in [0.717, 1.165) is 51.3 Å². The summed E-state index contributed by atoms with van der Waals surface area (Å²) in [4.78, 5) is 0. The lowest BCUT2D eigenvalue weighted by Gasteiger charge is -2.37. The van der Waals surface area contributed by atoms with Crippen molar-refractivity contribution in [1.29, 1.82) is 0 Å². The van der Waals surface area contributed by atoms with Gasteiger partial charge in [-0.25, -0.2) is 0 Å². The van der Waals surface area contributed by atoms with E-state index in [-0.39, 0.29) is 5.60 Å². The molecule has 1 aromatic heterocycles. The molecular formula is C14H23N3O2. The molecule has 1 spiro atoms. The monoisotopic (exact) mass is 265 g/mol. The maximum Gasteiger partial charge on any atom is 0.0951 e. The van der Waals surface area contributed by atoms with E-state index in [1.165, 1.54) is 5.56 Å². The summed E-state index contributed by atoms with van der Waals surface area (Å²) in [6.07, 6.45) is 5.28. The van der Waals surface area contributed by atoms with Crippen molar-refractivity contribution in [2.75, 3.05) is 19.8 Å². The molecule has 0 amide bonds. The van der Waals surface area contributed by atoms with E-state index in [1.54, 1.807) is 0 Å². The highest BCUT2D eigenvalue weighted by Gasteiger charge is 2.40. The van der Waals surface area contributed by atoms with Gasteiger partial charge < -0.3 is 14.8 Å². The van der Waals surface area contributed by atoms with Crippen LogP contribution in [0.2, 0.25) is 0 Å². The summed E-state index contributed by atoms with van der Waals surface area (Å²) >= 11 is 0. The van der Waals surface area contributed by atoms with Crippen LogP contribution in [0.15, 0.2) is 6.20 Å². The predicted molar refractivity (Wildman–Crippen MR) is 71.9 cm³/mol. The molecule has 2 unspecified atom stereocenters. The summed E-state index contributed by atoms with van der Waals surface area (Å²) in [5.41, 5.74) is 2.38. The van der Waals surface area contributed by atoms with Gasteiger partial charge in [-0.15, -0.1) is 0 Å². The van der Waals surface area contributed by atoms with Crippen LogP contribution in [0.25, 0.3) is 0 Å². The van der Waals surface area contributed by atoms with Gasteiger partial charge in [0.05, 0.1) is 17.9 Å². The Balaban J connectivity index is 1.56. The van der Waals surface area contributed by atoms with E-state index < -0.39 is 0 Å². The van der Waals surface area contributed by atoms with Gasteiger partial charge in [-0.2, -0.15) is 5.10 Å². The molecule has 0 aliphatic carbocycles. The van der Waals surface area contributed by atoms with Gasteiger partial charge in [-0.3, -0.25) is 4.68 Å². The van der Waals surface area contributed by atoms with Crippen LogP contribution < -0.4 is 5.32 Å². The smallest absolute Gasteiger partial charge is 0.0951 e. The summed E-state index contributed by atoms with van der Waals surface area (Å²) in [5.74, 6) is 0. The summed E-state index contributed by atoms with van der Waals surface area (Å²) in [6.45, 7) is 5.40. The molecule has 3 rings (SSSR count). The molecule has 1 N–H and O–H groups in total. The minimum atomic E-state index is -0.0140. The normalized spacial score (nSPS) is 31.2. The van der Waals surface area contributed by atoms with Gasteiger partial charge in [0.2, 0.25) is 0 Å². The van der Waals surface area contributed by atoms with Crippen molar-refractivity contribution >= 4 is 0 Å². The molecule has 2 atom stereocenters. The fraction of sp³-hybridized carbons (Fsp3) is 0.786. The first-order valence-corrected chi connectivity index (χ1v) is 7.11. The quantitative estimate of drug-likeness (QED) is 0.891. The second-order valence-corrected chi connectivity index (χ2v) is 5.82. The largest absolute Gasteiger partial charge is 0.378 e. The van der Waals surface area contributed by atoms with Crippen molar-refractivity contribution in [3.05, 3.63) is 17.5 Å². The second-order valence-electron chi connectivity index (χ2n) is 5.82. The number of nitrogens with one attached hydrogen (secondary N) is 1. The molecule has 2 aliphatic heterocycles. The maximum atomic E-state index is 5.96. The van der Waals surface area contributed by atoms with Crippen molar-refractivity contribution in [1.82, 2.24) is 15.1 Å². The standard InChI is InChI=1S/C14H23N3O2/c1-11-12(9-17(2)16-11)8-15-13-3-5-19-14(7-13)4-6-18-10-14/h9,13,15H,3-8,10H2,1-2H3. The van der Waals surface area contributed by atoms with Gasteiger partial charge >= 0.3 is 0 Å². The number of hydrogen-bond donors (Lipinski definition) is 1. The van der Waals surface area contributed by atoms with Crippen molar-refractivity contribution in [3.63, 3.8) is 0 Å². The van der Waals surface area contributed by atoms with E-state index in [2.05, 4.69) is 23.5 Å². The number of ether oxygens (including phenoxy) is 2. The van der Waals surface area contributed by atoms with Gasteiger partial charge in [-0.1, -0.05) is 0 Å². The first-order chi connectivity index (χ1) is 9.17. The van der Waals surface area contributed by atoms with Crippen LogP contribution in [-0.2, 0) is 23.1 Å². The summed E-state index contributed by atoms with van der Waals surface area (Å²) in [5, 5.41) is 8.03. The Morgan fingerprint density at radius 2 is 2.42 bits per heavy atom. The number of aryl methyl sites for hydroxylation is 2. The van der Waals surface area contributed by atoms with Crippen LogP contribution >= 0.6 is 0 Å². The zero-order valence-electron chi connectivity index (χ0n) is 11.8. The first kappa shape index (κ1) is 13.1. The highest BCUT2D eigenvalue weighted by atomic mass is 16.6. The Hall–Kier alpha value is -0.910. The third-order valence-corrected chi connectivity index (χ3v) is 4.26. The van der Waals surface area contributed by atoms with E-state index >= 15 is 0 Å². The fourth-order valence-electron chi connectivity index (χ4n) is 3.14. The van der Waals surface area contributed by atoms with Gasteiger partial charge in [0, 0.05) is 51.0 Å². The average molecular weight is 265 g/mol. The minimum absolute atomic E-state index is 0.0140. The third kappa shape index (κ3) is 2.83. The zero-order valence-corrected chi connectivity index (χ0v) is 11.8. The first-order valence-electron chi connectivity index (χ1n) is 7.11. The predicted octanol–water partition coefficient (Wildman–Crippen LogP) is 1.16. The van der Waals surface area contributed by atoms with Crippen LogP contribution in [0, 0.1) is 6.92 Å². The van der Waals surface area contributed by atoms with Gasteiger partial charge in [0.15, 0.2) is 0 Å². The molecular weight excluding hydrogens is 242 g/mol. The van der Waals surface area contributed by atoms with Gasteiger partial charge in [-0.05, 0) is 19.8 Å². The van der Waals surface area contributed by atoms with E-state index in [1.807, 2.05) is 11.7 Å². The van der Waals surface area contributed by atoms with Crippen LogP contribution in [-0.4, -0.2) is 41.2 Å². The SMILES string of the molecule is Cc1nn(C)cc1CNC1CCOC2(CCOC2)C1. The summed E-state index contributed by atoms with van der Waals surface area (Å²) in [7, 11) is 1.97. The summed E-state index contributed by atoms with van der Waals surface area (Å²) < 4.78 is 13.3. The number of nitrogens with zero attached hydrogens (tertiary/aromatic N) is 2. The van der Waals surface area contributed by atoms with Gasteiger partial charge in [0.25, 0.3) is 0 Å². The van der Waals surface area contributed by atoms with E-state index in [4.69, 9.17) is 9.47 Å². The molecule has 2 aliphatic rings. The highest BCUT2D eigenvalue weighted by molar-refractivity contribution is 5.15. The second kappa shape index (κ2) is 5.23. The van der Waals surface area contributed by atoms with E-state index in [9.17, 15) is 0 Å². The Labute approximate surface area is 114 Å². The number of rotatable bonds is 3. The number of hydrogen-bond acceptors (Lipinski definition) is 4. The topological polar surface area (TPSA) is 48.3 Å². The molecule has 0 aromatic carbocycles. The Morgan fingerprint density at radius 1 is 1.53 bits per heavy atom. The lowest BCUT2D eigenvalue weighted by Crippen LogP contribution is -2.47. The van der Waals surface area contributed by atoms with Crippen molar-refractivity contribution in [3.8, 4) is 0 Å². The summed E-state index contributed by atoms with van der Waals surface area (Å²) in [6, 6.07) is 0.523. The van der Waals surface area contributed by atoms with Crippen molar-refractivity contribution in [2.45, 2.75) is 44.4 Å². The van der Waals surface area contributed by atoms with Crippen LogP contribution in [0.5, 0.6) is 0 Å².